The van der Waals surface area contributed by atoms with Crippen molar-refractivity contribution >= 4 is 27.7 Å². The summed E-state index contributed by atoms with van der Waals surface area (Å²) in [5.41, 5.74) is -0.321. The van der Waals surface area contributed by atoms with E-state index in [4.69, 9.17) is 5.11 Å². The van der Waals surface area contributed by atoms with Crippen LogP contribution in [0, 0.1) is 0 Å². The average molecular weight is 299 g/mol. The van der Waals surface area contributed by atoms with Gasteiger partial charge in [-0.15, -0.1) is 0 Å². The highest BCUT2D eigenvalue weighted by molar-refractivity contribution is 9.10. The fourth-order valence-electron chi connectivity index (χ4n) is 0.927. The molecule has 0 fully saturated rings. The van der Waals surface area contributed by atoms with Crippen molar-refractivity contribution in [1.29, 1.82) is 0 Å². The maximum Gasteiger partial charge on any atom is 0.405 e. The minimum Gasteiger partial charge on any atom is -0.478 e. The first kappa shape index (κ1) is 12.8. The van der Waals surface area contributed by atoms with Gasteiger partial charge in [0.1, 0.15) is 17.9 Å². The van der Waals surface area contributed by atoms with Gasteiger partial charge in [0.25, 0.3) is 0 Å². The Kier molecular flexibility index (Phi) is 3.74. The maximum absolute atomic E-state index is 11.9. The van der Waals surface area contributed by atoms with E-state index in [1.807, 2.05) is 5.32 Å². The highest BCUT2D eigenvalue weighted by Gasteiger charge is 2.27. The Morgan fingerprint density at radius 1 is 1.56 bits per heavy atom. The average Bonchev–Trinajstić information content (AvgIpc) is 2.14. The van der Waals surface area contributed by atoms with Crippen molar-refractivity contribution in [3.63, 3.8) is 0 Å². The first-order chi connectivity index (χ1) is 7.29. The van der Waals surface area contributed by atoms with Crippen LogP contribution in [0.4, 0.5) is 19.0 Å². The molecule has 1 aromatic rings. The first-order valence-corrected chi connectivity index (χ1v) is 4.78. The molecule has 0 amide bonds. The van der Waals surface area contributed by atoms with Gasteiger partial charge in [0.2, 0.25) is 0 Å². The van der Waals surface area contributed by atoms with Crippen LogP contribution in [0.2, 0.25) is 0 Å². The van der Waals surface area contributed by atoms with Gasteiger partial charge in [0.15, 0.2) is 0 Å². The minimum atomic E-state index is -4.43. The summed E-state index contributed by atoms with van der Waals surface area (Å²) in [5.74, 6) is -1.66. The monoisotopic (exact) mass is 298 g/mol. The molecule has 2 N–H and O–H groups in total. The fraction of sp³-hybridized carbons (Fsp3) is 0.250. The molecule has 4 nitrogen and oxygen atoms in total. The predicted molar refractivity (Wildman–Crippen MR) is 53.4 cm³/mol. The summed E-state index contributed by atoms with van der Waals surface area (Å²) in [4.78, 5) is 14.3. The van der Waals surface area contributed by atoms with E-state index in [0.717, 1.165) is 0 Å². The van der Waals surface area contributed by atoms with Gasteiger partial charge < -0.3 is 10.4 Å². The first-order valence-electron chi connectivity index (χ1n) is 3.99. The van der Waals surface area contributed by atoms with Crippen molar-refractivity contribution < 1.29 is 23.1 Å². The van der Waals surface area contributed by atoms with Gasteiger partial charge in [-0.25, -0.2) is 9.78 Å². The van der Waals surface area contributed by atoms with Crippen molar-refractivity contribution in [2.24, 2.45) is 0 Å². The standard InChI is InChI=1S/C8H6BrF3N2O2/c9-4-1-5(7(15)16)6(13-2-4)14-3-8(10,11)12/h1-2H,3H2,(H,13,14)(H,15,16). The molecular weight excluding hydrogens is 293 g/mol. The molecule has 8 heteroatoms. The van der Waals surface area contributed by atoms with Gasteiger partial charge in [0.05, 0.1) is 0 Å². The molecule has 0 spiro atoms. The van der Waals surface area contributed by atoms with Gasteiger partial charge in [-0.1, -0.05) is 0 Å². The molecule has 0 saturated heterocycles. The molecule has 1 heterocycles. The van der Waals surface area contributed by atoms with Crippen LogP contribution in [0.3, 0.4) is 0 Å². The Balaban J connectivity index is 2.91. The van der Waals surface area contributed by atoms with Crippen molar-refractivity contribution in [1.82, 2.24) is 4.98 Å². The van der Waals surface area contributed by atoms with Crippen molar-refractivity contribution in [3.8, 4) is 0 Å². The van der Waals surface area contributed by atoms with Gasteiger partial charge >= 0.3 is 12.1 Å². The third-order valence-corrected chi connectivity index (χ3v) is 1.97. The lowest BCUT2D eigenvalue weighted by Crippen LogP contribution is -2.23. The van der Waals surface area contributed by atoms with Gasteiger partial charge in [-0.2, -0.15) is 13.2 Å². The zero-order valence-corrected chi connectivity index (χ0v) is 9.26. The van der Waals surface area contributed by atoms with Crippen LogP contribution in [0.15, 0.2) is 16.7 Å². The molecular formula is C8H6BrF3N2O2. The number of anilines is 1. The molecule has 0 bridgehead atoms. The summed E-state index contributed by atoms with van der Waals surface area (Å²) in [7, 11) is 0. The zero-order chi connectivity index (χ0) is 12.3. The predicted octanol–water partition coefficient (Wildman–Crippen LogP) is 2.52. The number of aromatic nitrogens is 1. The van der Waals surface area contributed by atoms with Gasteiger partial charge in [0, 0.05) is 10.7 Å². The summed E-state index contributed by atoms with van der Waals surface area (Å²) in [5, 5.41) is 10.7. The summed E-state index contributed by atoms with van der Waals surface area (Å²) >= 11 is 2.98. The quantitative estimate of drug-likeness (QED) is 0.900. The SMILES string of the molecule is O=C(O)c1cc(Br)cnc1NCC(F)(F)F. The number of rotatable bonds is 3. The number of nitrogens with zero attached hydrogens (tertiary/aromatic N) is 1. The topological polar surface area (TPSA) is 62.2 Å². The number of alkyl halides is 3. The molecule has 0 aliphatic heterocycles. The van der Waals surface area contributed by atoms with E-state index in [1.54, 1.807) is 0 Å². The van der Waals surface area contributed by atoms with Crippen LogP contribution in [0.25, 0.3) is 0 Å². The molecule has 88 valence electrons. The fourth-order valence-corrected chi connectivity index (χ4v) is 1.26. The summed E-state index contributed by atoms with van der Waals surface area (Å²) < 4.78 is 36.1. The Bertz CT molecular complexity index is 409. The number of hydrogen-bond acceptors (Lipinski definition) is 3. The van der Waals surface area contributed by atoms with E-state index >= 15 is 0 Å². The summed E-state index contributed by atoms with van der Waals surface area (Å²) in [6, 6.07) is 1.17. The van der Waals surface area contributed by atoms with Gasteiger partial charge in [-0.05, 0) is 22.0 Å². The lowest BCUT2D eigenvalue weighted by atomic mass is 10.2. The molecule has 0 saturated carbocycles. The van der Waals surface area contributed by atoms with Crippen LogP contribution < -0.4 is 5.32 Å². The molecule has 0 atom stereocenters. The molecule has 0 radical (unpaired) electrons. The molecule has 0 unspecified atom stereocenters. The molecule has 0 aliphatic carbocycles. The second-order valence-electron chi connectivity index (χ2n) is 2.82. The molecule has 16 heavy (non-hydrogen) atoms. The van der Waals surface area contributed by atoms with E-state index in [2.05, 4.69) is 20.9 Å². The number of carboxylic acid groups (broad SMARTS) is 1. The third kappa shape index (κ3) is 3.69. The number of halogens is 4. The van der Waals surface area contributed by atoms with E-state index in [1.165, 1.54) is 12.3 Å². The Morgan fingerprint density at radius 3 is 2.69 bits per heavy atom. The maximum atomic E-state index is 11.9. The Labute approximate surface area is 96.6 Å². The van der Waals surface area contributed by atoms with Crippen molar-refractivity contribution in [3.05, 3.63) is 22.3 Å². The minimum absolute atomic E-state index is 0.312. The number of carbonyl (C=O) groups is 1. The van der Waals surface area contributed by atoms with Crippen LogP contribution in [0.5, 0.6) is 0 Å². The number of pyridine rings is 1. The molecule has 1 rings (SSSR count). The van der Waals surface area contributed by atoms with Crippen LogP contribution in [0.1, 0.15) is 10.4 Å². The lowest BCUT2D eigenvalue weighted by Gasteiger charge is -2.10. The van der Waals surface area contributed by atoms with Crippen molar-refractivity contribution in [2.75, 3.05) is 11.9 Å². The largest absolute Gasteiger partial charge is 0.478 e. The zero-order valence-electron chi connectivity index (χ0n) is 7.68. The molecule has 1 aromatic heterocycles. The van der Waals surface area contributed by atoms with Crippen LogP contribution >= 0.6 is 15.9 Å². The number of hydrogen-bond donors (Lipinski definition) is 2. The van der Waals surface area contributed by atoms with Crippen LogP contribution in [-0.4, -0.2) is 28.8 Å². The Hall–Kier alpha value is -1.31. The highest BCUT2D eigenvalue weighted by atomic mass is 79.9. The second kappa shape index (κ2) is 4.69. The smallest absolute Gasteiger partial charge is 0.405 e. The van der Waals surface area contributed by atoms with E-state index in [-0.39, 0.29) is 11.4 Å². The van der Waals surface area contributed by atoms with E-state index < -0.39 is 18.7 Å². The van der Waals surface area contributed by atoms with E-state index in [0.29, 0.717) is 4.47 Å². The summed E-state index contributed by atoms with van der Waals surface area (Å²) in [6.07, 6.45) is -3.21. The highest BCUT2D eigenvalue weighted by Crippen LogP contribution is 2.20. The van der Waals surface area contributed by atoms with Gasteiger partial charge in [-0.3, -0.25) is 0 Å². The van der Waals surface area contributed by atoms with Crippen LogP contribution in [-0.2, 0) is 0 Å². The molecule has 0 aliphatic rings. The lowest BCUT2D eigenvalue weighted by molar-refractivity contribution is -0.115. The van der Waals surface area contributed by atoms with E-state index in [9.17, 15) is 18.0 Å². The normalized spacial score (nSPS) is 11.2. The number of carboxylic acids is 1. The van der Waals surface area contributed by atoms with Crippen molar-refractivity contribution in [2.45, 2.75) is 6.18 Å². The third-order valence-electron chi connectivity index (χ3n) is 1.54. The second-order valence-corrected chi connectivity index (χ2v) is 3.74. The number of nitrogens with one attached hydrogen (secondary N) is 1. The Morgan fingerprint density at radius 2 is 2.19 bits per heavy atom. The molecule has 0 aromatic carbocycles. The summed E-state index contributed by atoms with van der Waals surface area (Å²) in [6.45, 7) is -1.33. The number of aromatic carboxylic acids is 1.